The van der Waals surface area contributed by atoms with Gasteiger partial charge in [0.2, 0.25) is 0 Å². The normalized spacial score (nSPS) is 19.0. The number of carbonyl (C=O) groups excluding carboxylic acids is 1. The number of nitrogens with one attached hydrogen (secondary N) is 1. The van der Waals surface area contributed by atoms with Gasteiger partial charge in [-0.2, -0.15) is 13.2 Å². The molecule has 2 heterocycles. The van der Waals surface area contributed by atoms with Crippen molar-refractivity contribution in [2.45, 2.75) is 37.4 Å². The van der Waals surface area contributed by atoms with Crippen LogP contribution in [0.5, 0.6) is 0 Å². The molecule has 0 saturated carbocycles. The molecule has 0 radical (unpaired) electrons. The molecule has 1 fully saturated rings. The van der Waals surface area contributed by atoms with Gasteiger partial charge in [0.1, 0.15) is 0 Å². The average molecular weight is 345 g/mol. The van der Waals surface area contributed by atoms with Crippen molar-refractivity contribution in [3.63, 3.8) is 0 Å². The summed E-state index contributed by atoms with van der Waals surface area (Å²) < 4.78 is 44.2. The number of alkyl halides is 3. The van der Waals surface area contributed by atoms with Crippen molar-refractivity contribution < 1.29 is 22.7 Å². The number of pyridine rings is 1. The lowest BCUT2D eigenvalue weighted by molar-refractivity contribution is -0.200. The Bertz CT molecular complexity index is 545. The van der Waals surface area contributed by atoms with Crippen LogP contribution >= 0.6 is 0 Å². The zero-order chi connectivity index (χ0) is 17.8. The molecule has 1 aromatic heterocycles. The molecule has 0 spiro atoms. The second-order valence-corrected chi connectivity index (χ2v) is 6.23. The Morgan fingerprint density at radius 2 is 1.92 bits per heavy atom. The van der Waals surface area contributed by atoms with Gasteiger partial charge in [-0.1, -0.05) is 0 Å². The smallest absolute Gasteiger partial charge is 0.382 e. The van der Waals surface area contributed by atoms with Crippen LogP contribution in [0, 0.1) is 0 Å². The van der Waals surface area contributed by atoms with Gasteiger partial charge in [-0.05, 0) is 43.4 Å². The molecule has 24 heavy (non-hydrogen) atoms. The van der Waals surface area contributed by atoms with E-state index in [0.29, 0.717) is 31.8 Å². The first-order valence-electron chi connectivity index (χ1n) is 7.79. The van der Waals surface area contributed by atoms with Crippen molar-refractivity contribution >= 4 is 6.03 Å². The number of hydrogen-bond donors (Lipinski definition) is 1. The summed E-state index contributed by atoms with van der Waals surface area (Å²) in [7, 11) is 1.18. The van der Waals surface area contributed by atoms with Gasteiger partial charge in [-0.25, -0.2) is 4.79 Å². The molecule has 0 aliphatic carbocycles. The number of carbonyl (C=O) groups is 1. The van der Waals surface area contributed by atoms with Crippen LogP contribution in [0.25, 0.3) is 0 Å². The van der Waals surface area contributed by atoms with Crippen molar-refractivity contribution in [1.82, 2.24) is 15.2 Å². The summed E-state index contributed by atoms with van der Waals surface area (Å²) in [4.78, 5) is 17.6. The fraction of sp³-hybridized carbons (Fsp3) is 0.625. The highest BCUT2D eigenvalue weighted by Crippen LogP contribution is 2.31. The van der Waals surface area contributed by atoms with Crippen molar-refractivity contribution in [3.05, 3.63) is 30.1 Å². The van der Waals surface area contributed by atoms with E-state index >= 15 is 0 Å². The third-order valence-corrected chi connectivity index (χ3v) is 4.40. The van der Waals surface area contributed by atoms with Crippen molar-refractivity contribution in [2.75, 3.05) is 26.8 Å². The number of rotatable bonds is 4. The van der Waals surface area contributed by atoms with Crippen LogP contribution in [0.1, 0.15) is 31.2 Å². The Morgan fingerprint density at radius 1 is 1.33 bits per heavy atom. The Labute approximate surface area is 139 Å². The fourth-order valence-electron chi connectivity index (χ4n) is 2.84. The highest BCUT2D eigenvalue weighted by atomic mass is 19.4. The first-order valence-corrected chi connectivity index (χ1v) is 7.79. The standard InChI is InChI=1S/C16H22F3N3O2/c1-15(11-24-2,16(17,18)19)21-14(23)22-9-5-13(6-10-22)12-3-7-20-8-4-12/h3-4,7-8,13H,5-6,9-11H2,1-2H3,(H,21,23). The van der Waals surface area contributed by atoms with E-state index in [9.17, 15) is 18.0 Å². The molecule has 1 atom stereocenters. The van der Waals surface area contributed by atoms with E-state index in [2.05, 4.69) is 15.0 Å². The molecule has 1 aliphatic rings. The van der Waals surface area contributed by atoms with E-state index in [0.717, 1.165) is 12.5 Å². The number of methoxy groups -OCH3 is 1. The number of aromatic nitrogens is 1. The monoisotopic (exact) mass is 345 g/mol. The minimum Gasteiger partial charge on any atom is -0.382 e. The number of amides is 2. The van der Waals surface area contributed by atoms with Gasteiger partial charge < -0.3 is 15.0 Å². The number of piperidine rings is 1. The molecule has 1 N–H and O–H groups in total. The van der Waals surface area contributed by atoms with Gasteiger partial charge in [-0.15, -0.1) is 0 Å². The second-order valence-electron chi connectivity index (χ2n) is 6.23. The minimum absolute atomic E-state index is 0.296. The summed E-state index contributed by atoms with van der Waals surface area (Å²) in [5.74, 6) is 0.296. The van der Waals surface area contributed by atoms with Gasteiger partial charge in [0, 0.05) is 32.6 Å². The molecular formula is C16H22F3N3O2. The summed E-state index contributed by atoms with van der Waals surface area (Å²) in [5.41, 5.74) is -1.26. The lowest BCUT2D eigenvalue weighted by Gasteiger charge is -2.37. The SMILES string of the molecule is COCC(C)(NC(=O)N1CCC(c2ccncc2)CC1)C(F)(F)F. The third-order valence-electron chi connectivity index (χ3n) is 4.40. The number of likely N-dealkylation sites (tertiary alicyclic amines) is 1. The van der Waals surface area contributed by atoms with Crippen LogP contribution in [0.2, 0.25) is 0 Å². The second kappa shape index (κ2) is 7.38. The van der Waals surface area contributed by atoms with Crippen LogP contribution in [0.3, 0.4) is 0 Å². The molecule has 2 rings (SSSR count). The van der Waals surface area contributed by atoms with Crippen molar-refractivity contribution in [1.29, 1.82) is 0 Å². The summed E-state index contributed by atoms with van der Waals surface area (Å²) in [6.07, 6.45) is 0.269. The zero-order valence-electron chi connectivity index (χ0n) is 13.8. The number of ether oxygens (including phenoxy) is 1. The highest BCUT2D eigenvalue weighted by molar-refractivity contribution is 5.75. The largest absolute Gasteiger partial charge is 0.413 e. The molecule has 1 aliphatic heterocycles. The summed E-state index contributed by atoms with van der Waals surface area (Å²) in [5, 5.41) is 2.09. The van der Waals surface area contributed by atoms with Gasteiger partial charge in [0.05, 0.1) is 6.61 Å². The third kappa shape index (κ3) is 4.17. The lowest BCUT2D eigenvalue weighted by Crippen LogP contribution is -2.62. The maximum Gasteiger partial charge on any atom is 0.413 e. The summed E-state index contributed by atoms with van der Waals surface area (Å²) in [6, 6.07) is 3.15. The molecule has 2 amide bonds. The van der Waals surface area contributed by atoms with Crippen molar-refractivity contribution in [2.24, 2.45) is 0 Å². The fourth-order valence-corrected chi connectivity index (χ4v) is 2.84. The predicted octanol–water partition coefficient (Wildman–Crippen LogP) is 2.94. The number of nitrogens with zero attached hydrogens (tertiary/aromatic N) is 2. The molecule has 1 unspecified atom stereocenters. The maximum absolute atomic E-state index is 13.2. The van der Waals surface area contributed by atoms with Gasteiger partial charge in [0.15, 0.2) is 5.54 Å². The van der Waals surface area contributed by atoms with Gasteiger partial charge in [-0.3, -0.25) is 4.98 Å². The lowest BCUT2D eigenvalue weighted by atomic mass is 9.90. The molecule has 5 nitrogen and oxygen atoms in total. The first kappa shape index (κ1) is 18.5. The summed E-state index contributed by atoms with van der Waals surface area (Å²) >= 11 is 0. The van der Waals surface area contributed by atoms with E-state index in [1.165, 1.54) is 12.0 Å². The van der Waals surface area contributed by atoms with Crippen LogP contribution in [-0.4, -0.2) is 54.4 Å². The van der Waals surface area contributed by atoms with Crippen LogP contribution < -0.4 is 5.32 Å². The van der Waals surface area contributed by atoms with Crippen LogP contribution in [0.4, 0.5) is 18.0 Å². The Morgan fingerprint density at radius 3 is 2.42 bits per heavy atom. The molecule has 8 heteroatoms. The Hall–Kier alpha value is -1.83. The molecule has 134 valence electrons. The van der Waals surface area contributed by atoms with Gasteiger partial charge >= 0.3 is 12.2 Å². The average Bonchev–Trinajstić information content (AvgIpc) is 2.55. The van der Waals surface area contributed by atoms with Crippen molar-refractivity contribution in [3.8, 4) is 0 Å². The zero-order valence-corrected chi connectivity index (χ0v) is 13.8. The quantitative estimate of drug-likeness (QED) is 0.913. The first-order chi connectivity index (χ1) is 11.3. The van der Waals surface area contributed by atoms with Gasteiger partial charge in [0.25, 0.3) is 0 Å². The van der Waals surface area contributed by atoms with E-state index in [1.807, 2.05) is 12.1 Å². The van der Waals surface area contributed by atoms with E-state index < -0.39 is 24.4 Å². The van der Waals surface area contributed by atoms with E-state index in [1.54, 1.807) is 12.4 Å². The Balaban J connectivity index is 1.95. The predicted molar refractivity (Wildman–Crippen MR) is 82.7 cm³/mol. The topological polar surface area (TPSA) is 54.5 Å². The number of hydrogen-bond acceptors (Lipinski definition) is 3. The number of urea groups is 1. The van der Waals surface area contributed by atoms with Crippen LogP contribution in [0.15, 0.2) is 24.5 Å². The maximum atomic E-state index is 13.2. The molecule has 1 saturated heterocycles. The molecule has 0 bridgehead atoms. The molecule has 1 aromatic rings. The minimum atomic E-state index is -4.59. The number of halogens is 3. The van der Waals surface area contributed by atoms with E-state index in [-0.39, 0.29) is 0 Å². The molecule has 0 aromatic carbocycles. The van der Waals surface area contributed by atoms with E-state index in [4.69, 9.17) is 0 Å². The van der Waals surface area contributed by atoms with Crippen LogP contribution in [-0.2, 0) is 4.74 Å². The molecular weight excluding hydrogens is 323 g/mol. The highest BCUT2D eigenvalue weighted by Gasteiger charge is 2.52. The Kier molecular flexibility index (Phi) is 5.69. The summed E-state index contributed by atoms with van der Waals surface area (Å²) in [6.45, 7) is 1.13.